The van der Waals surface area contributed by atoms with Gasteiger partial charge in [0.2, 0.25) is 6.10 Å². The van der Waals surface area contributed by atoms with Gasteiger partial charge in [0.05, 0.1) is 15.2 Å². The second kappa shape index (κ2) is 6.97. The van der Waals surface area contributed by atoms with E-state index in [4.69, 9.17) is 21.1 Å². The molecule has 1 amide bonds. The predicted molar refractivity (Wildman–Crippen MR) is 102 cm³/mol. The number of ether oxygens (including phenoxy) is 2. The topological polar surface area (TPSA) is 52.8 Å². The van der Waals surface area contributed by atoms with Gasteiger partial charge in [0, 0.05) is 6.54 Å². The summed E-state index contributed by atoms with van der Waals surface area (Å²) in [5, 5.41) is 0.612. The zero-order valence-corrected chi connectivity index (χ0v) is 15.3. The minimum Gasteiger partial charge on any atom is -0.485 e. The Labute approximate surface area is 158 Å². The maximum Gasteiger partial charge on any atom is 0.292 e. The summed E-state index contributed by atoms with van der Waals surface area (Å²) in [6.45, 7) is 4.41. The van der Waals surface area contributed by atoms with Crippen LogP contribution in [0.2, 0.25) is 5.02 Å². The monoisotopic (exact) mass is 386 g/mol. The number of hydrogen-bond donors (Lipinski definition) is 0. The molecule has 5 nitrogen and oxygen atoms in total. The lowest BCUT2D eigenvalue weighted by molar-refractivity contribution is -0.127. The van der Waals surface area contributed by atoms with E-state index in [0.29, 0.717) is 27.9 Å². The minimum absolute atomic E-state index is 0.131. The summed E-state index contributed by atoms with van der Waals surface area (Å²) in [6.07, 6.45) is 0.970. The van der Waals surface area contributed by atoms with Gasteiger partial charge in [-0.2, -0.15) is 4.99 Å². The molecule has 1 aliphatic rings. The van der Waals surface area contributed by atoms with Crippen LogP contribution in [0.1, 0.15) is 0 Å². The zero-order valence-electron chi connectivity index (χ0n) is 13.7. The van der Waals surface area contributed by atoms with E-state index in [1.165, 1.54) is 11.3 Å². The molecule has 26 heavy (non-hydrogen) atoms. The van der Waals surface area contributed by atoms with Gasteiger partial charge in [-0.15, -0.1) is 6.58 Å². The number of allylic oxidation sites excluding steroid dienone is 1. The maximum absolute atomic E-state index is 12.7. The summed E-state index contributed by atoms with van der Waals surface area (Å²) >= 11 is 7.74. The van der Waals surface area contributed by atoms with Gasteiger partial charge >= 0.3 is 0 Å². The Morgan fingerprint density at radius 2 is 2.12 bits per heavy atom. The predicted octanol–water partition coefficient (Wildman–Crippen LogP) is 3.81. The molecule has 0 unspecified atom stereocenters. The fraction of sp³-hybridized carbons (Fsp3) is 0.158. The smallest absolute Gasteiger partial charge is 0.292 e. The highest BCUT2D eigenvalue weighted by Crippen LogP contribution is 2.31. The summed E-state index contributed by atoms with van der Waals surface area (Å²) < 4.78 is 14.2. The lowest BCUT2D eigenvalue weighted by Gasteiger charge is -2.23. The van der Waals surface area contributed by atoms with E-state index in [1.54, 1.807) is 18.2 Å². The number of aromatic nitrogens is 1. The molecule has 1 atom stereocenters. The van der Waals surface area contributed by atoms with E-state index in [2.05, 4.69) is 11.6 Å². The molecular formula is C19H15ClN2O3S. The summed E-state index contributed by atoms with van der Waals surface area (Å²) in [5.74, 6) is 0.789. The summed E-state index contributed by atoms with van der Waals surface area (Å²) in [5.41, 5.74) is 0.844. The summed E-state index contributed by atoms with van der Waals surface area (Å²) in [4.78, 5) is 17.5. The first-order valence-corrected chi connectivity index (χ1v) is 9.22. The van der Waals surface area contributed by atoms with Crippen molar-refractivity contribution in [2.45, 2.75) is 12.6 Å². The first kappa shape index (κ1) is 16.9. The van der Waals surface area contributed by atoms with E-state index in [1.807, 2.05) is 34.9 Å². The molecule has 0 bridgehead atoms. The van der Waals surface area contributed by atoms with Crippen LogP contribution >= 0.6 is 22.9 Å². The van der Waals surface area contributed by atoms with Crippen molar-refractivity contribution < 1.29 is 14.3 Å². The van der Waals surface area contributed by atoms with Crippen molar-refractivity contribution in [3.63, 3.8) is 0 Å². The van der Waals surface area contributed by atoms with E-state index in [0.717, 1.165) is 10.2 Å². The highest BCUT2D eigenvalue weighted by Gasteiger charge is 2.27. The Kier molecular flexibility index (Phi) is 4.53. The molecule has 0 aliphatic carbocycles. The van der Waals surface area contributed by atoms with Crippen molar-refractivity contribution in [3.05, 3.63) is 64.9 Å². The molecule has 7 heteroatoms. The van der Waals surface area contributed by atoms with Crippen LogP contribution in [0.4, 0.5) is 0 Å². The van der Waals surface area contributed by atoms with Gasteiger partial charge in [0.15, 0.2) is 16.3 Å². The van der Waals surface area contributed by atoms with Crippen LogP contribution in [-0.2, 0) is 11.3 Å². The van der Waals surface area contributed by atoms with Crippen LogP contribution in [-0.4, -0.2) is 23.2 Å². The van der Waals surface area contributed by atoms with Crippen LogP contribution in [0.3, 0.4) is 0 Å². The van der Waals surface area contributed by atoms with Crippen LogP contribution in [0.5, 0.6) is 11.5 Å². The average molecular weight is 387 g/mol. The molecule has 132 valence electrons. The normalized spacial score (nSPS) is 16.7. The number of carbonyl (C=O) groups excluding carboxylic acids is 1. The fourth-order valence-electron chi connectivity index (χ4n) is 2.78. The number of nitrogens with zero attached hydrogens (tertiary/aromatic N) is 2. The number of benzene rings is 2. The zero-order chi connectivity index (χ0) is 18.1. The van der Waals surface area contributed by atoms with Gasteiger partial charge in [-0.1, -0.05) is 47.2 Å². The third-order valence-electron chi connectivity index (χ3n) is 3.95. The number of hydrogen-bond acceptors (Lipinski definition) is 4. The van der Waals surface area contributed by atoms with Crippen molar-refractivity contribution in [1.29, 1.82) is 0 Å². The molecule has 0 saturated carbocycles. The van der Waals surface area contributed by atoms with Gasteiger partial charge in [0.25, 0.3) is 5.91 Å². The largest absolute Gasteiger partial charge is 0.485 e. The number of rotatable bonds is 3. The van der Waals surface area contributed by atoms with E-state index in [-0.39, 0.29) is 12.5 Å². The van der Waals surface area contributed by atoms with E-state index < -0.39 is 6.10 Å². The Morgan fingerprint density at radius 1 is 1.31 bits per heavy atom. The number of thiazole rings is 1. The van der Waals surface area contributed by atoms with Crippen LogP contribution in [0, 0.1) is 0 Å². The molecule has 4 rings (SSSR count). The van der Waals surface area contributed by atoms with E-state index >= 15 is 0 Å². The Hall–Kier alpha value is -2.57. The summed E-state index contributed by atoms with van der Waals surface area (Å²) in [6, 6.07) is 12.9. The quantitative estimate of drug-likeness (QED) is 0.643. The SMILES string of the molecule is C=CCn1c(=NC(=O)[C@H]2COc3ccccc3O2)sc2cccc(Cl)c21. The molecular weight excluding hydrogens is 372 g/mol. The highest BCUT2D eigenvalue weighted by atomic mass is 35.5. The Bertz CT molecular complexity index is 1070. The lowest BCUT2D eigenvalue weighted by Crippen LogP contribution is -2.36. The average Bonchev–Trinajstić information content (AvgIpc) is 3.00. The van der Waals surface area contributed by atoms with E-state index in [9.17, 15) is 4.79 Å². The molecule has 3 aromatic rings. The van der Waals surface area contributed by atoms with Gasteiger partial charge in [-0.25, -0.2) is 0 Å². The highest BCUT2D eigenvalue weighted by molar-refractivity contribution is 7.16. The first-order chi connectivity index (χ1) is 12.7. The van der Waals surface area contributed by atoms with Crippen LogP contribution < -0.4 is 14.3 Å². The lowest BCUT2D eigenvalue weighted by atomic mass is 10.2. The third kappa shape index (κ3) is 3.02. The molecule has 0 radical (unpaired) electrons. The number of halogens is 1. The van der Waals surface area contributed by atoms with Crippen molar-refractivity contribution in [3.8, 4) is 11.5 Å². The van der Waals surface area contributed by atoms with Gasteiger partial charge < -0.3 is 14.0 Å². The first-order valence-electron chi connectivity index (χ1n) is 8.03. The number of amides is 1. The van der Waals surface area contributed by atoms with Crippen LogP contribution in [0.25, 0.3) is 10.2 Å². The maximum atomic E-state index is 12.7. The van der Waals surface area contributed by atoms with Crippen molar-refractivity contribution in [1.82, 2.24) is 4.57 Å². The molecule has 2 heterocycles. The van der Waals surface area contributed by atoms with Gasteiger partial charge in [-0.05, 0) is 24.3 Å². The Balaban J connectivity index is 1.72. The third-order valence-corrected chi connectivity index (χ3v) is 5.30. The minimum atomic E-state index is -0.775. The van der Waals surface area contributed by atoms with Gasteiger partial charge in [0.1, 0.15) is 6.61 Å². The van der Waals surface area contributed by atoms with Crippen molar-refractivity contribution >= 4 is 39.1 Å². The number of carbonyl (C=O) groups is 1. The van der Waals surface area contributed by atoms with Crippen LogP contribution in [0.15, 0.2) is 60.1 Å². The molecule has 0 fully saturated rings. The summed E-state index contributed by atoms with van der Waals surface area (Å²) in [7, 11) is 0. The molecule has 2 aromatic carbocycles. The number of fused-ring (bicyclic) bond motifs is 2. The second-order valence-electron chi connectivity index (χ2n) is 5.68. The Morgan fingerprint density at radius 3 is 2.92 bits per heavy atom. The molecule has 0 saturated heterocycles. The van der Waals surface area contributed by atoms with Gasteiger partial charge in [-0.3, -0.25) is 4.79 Å². The second-order valence-corrected chi connectivity index (χ2v) is 7.10. The number of para-hydroxylation sites is 3. The standard InChI is InChI=1S/C19H15ClN2O3S/c1-2-10-22-17-12(20)6-5-9-16(17)26-19(22)21-18(23)15-11-24-13-7-3-4-8-14(13)25-15/h2-9,15H,1,10-11H2/t15-/m1/s1. The van der Waals surface area contributed by atoms with Crippen molar-refractivity contribution in [2.75, 3.05) is 6.61 Å². The fourth-order valence-corrected chi connectivity index (χ4v) is 4.18. The molecule has 0 N–H and O–H groups in total. The molecule has 1 aromatic heterocycles. The van der Waals surface area contributed by atoms with Crippen molar-refractivity contribution in [2.24, 2.45) is 4.99 Å². The molecule has 1 aliphatic heterocycles. The molecule has 0 spiro atoms.